The van der Waals surface area contributed by atoms with E-state index in [1.165, 1.54) is 6.92 Å². The minimum Gasteiger partial charge on any atom is -0.544 e. The van der Waals surface area contributed by atoms with Crippen molar-refractivity contribution >= 4 is 11.9 Å². The number of rotatable bonds is 12. The largest absolute Gasteiger partial charge is 1.00 e. The zero-order valence-electron chi connectivity index (χ0n) is 27.9. The molecule has 0 aromatic heterocycles. The van der Waals surface area contributed by atoms with Crippen LogP contribution in [0.15, 0.2) is 0 Å². The summed E-state index contributed by atoms with van der Waals surface area (Å²) in [5.41, 5.74) is 0. The Balaban J connectivity index is 0.00000676. The van der Waals surface area contributed by atoms with Crippen LogP contribution in [-0.4, -0.2) is 186 Å². The van der Waals surface area contributed by atoms with E-state index in [1.807, 2.05) is 0 Å². The van der Waals surface area contributed by atoms with Crippen LogP contribution in [0.4, 0.5) is 0 Å². The summed E-state index contributed by atoms with van der Waals surface area (Å²) >= 11 is 0. The van der Waals surface area contributed by atoms with E-state index < -0.39 is 141 Å². The van der Waals surface area contributed by atoms with Crippen molar-refractivity contribution < 1.29 is 124 Å². The Morgan fingerprint density at radius 2 is 1.48 bits per heavy atom. The van der Waals surface area contributed by atoms with Crippen molar-refractivity contribution in [2.75, 3.05) is 13.2 Å². The van der Waals surface area contributed by atoms with E-state index in [4.69, 9.17) is 28.4 Å². The summed E-state index contributed by atoms with van der Waals surface area (Å²) in [5.74, 6) is -5.94. The van der Waals surface area contributed by atoms with Gasteiger partial charge in [-0.1, -0.05) is 12.8 Å². The number of carboxylic acid groups (broad SMARTS) is 1. The van der Waals surface area contributed by atoms with Gasteiger partial charge < -0.3 is 94.7 Å². The third-order valence-corrected chi connectivity index (χ3v) is 9.39. The number of aliphatic carboxylic acids is 1. The van der Waals surface area contributed by atoms with Crippen molar-refractivity contribution in [2.24, 2.45) is 0 Å². The Morgan fingerprint density at radius 1 is 0.900 bits per heavy atom. The van der Waals surface area contributed by atoms with E-state index in [-0.39, 0.29) is 29.6 Å². The third kappa shape index (κ3) is 9.50. The van der Waals surface area contributed by atoms with E-state index in [1.54, 1.807) is 0 Å². The van der Waals surface area contributed by atoms with Gasteiger partial charge in [-0.2, -0.15) is 0 Å². The quantitative estimate of drug-likeness (QED) is 0.0828. The van der Waals surface area contributed by atoms with Gasteiger partial charge in [-0.25, -0.2) is 0 Å². The number of nitrogens with one attached hydrogen (secondary N) is 1. The standard InChI is InChI=1S/C29H49NO19.Na/c1-10-18(36)21(39)22(40)26(44-10)45-14-5-3-4-6-15(14)46-27-23(41)25(20(38)16(9-32)47-27)49-29(28(42)43)7-12(34)17(30-11(2)33)24(48-29)19(37)13(35)8-31;/h10,12-27,31-32,34-41H,3-9H2,1-2H3,(H,30,33)(H,42,43);/q;+1/p-1/t10?,12?,13?,14?,15?,16-,17?,18?,19?,20?,21?,22?,23?,24?,25?,26?,27?,29+;/m1./s1. The molecule has 16 unspecified atom stereocenters. The molecular weight excluding hydrogens is 689 g/mol. The summed E-state index contributed by atoms with van der Waals surface area (Å²) in [4.78, 5) is 24.4. The van der Waals surface area contributed by atoms with Crippen LogP contribution in [0, 0.1) is 0 Å². The predicted octanol–water partition coefficient (Wildman–Crippen LogP) is -10.2. The molecule has 0 aromatic rings. The monoisotopic (exact) mass is 737 g/mol. The smallest absolute Gasteiger partial charge is 0.544 e. The number of carboxylic acids is 1. The van der Waals surface area contributed by atoms with Gasteiger partial charge in [0, 0.05) is 13.3 Å². The van der Waals surface area contributed by atoms with Gasteiger partial charge >= 0.3 is 29.6 Å². The molecule has 3 saturated heterocycles. The van der Waals surface area contributed by atoms with Crippen LogP contribution in [-0.2, 0) is 38.0 Å². The average Bonchev–Trinajstić information content (AvgIpc) is 3.06. The molecule has 0 aromatic carbocycles. The first-order valence-corrected chi connectivity index (χ1v) is 16.2. The molecule has 3 aliphatic heterocycles. The van der Waals surface area contributed by atoms with Crippen LogP contribution in [0.3, 0.4) is 0 Å². The molecule has 284 valence electrons. The fourth-order valence-corrected chi connectivity index (χ4v) is 6.61. The maximum atomic E-state index is 12.6. The van der Waals surface area contributed by atoms with E-state index >= 15 is 0 Å². The molecule has 0 radical (unpaired) electrons. The first-order valence-electron chi connectivity index (χ1n) is 16.2. The number of ether oxygens (including phenoxy) is 6. The SMILES string of the molecule is CC(=O)NC1C(O)C[C@](OC2C(O)C(OC3CCCCC3OC3OC(C)C(O)C(O)C3O)O[C@H](CO)C2O)(C(=O)[O-])OC1C(O)C(O)CO.[Na+]. The van der Waals surface area contributed by atoms with Gasteiger partial charge in [0.15, 0.2) is 12.6 Å². The average molecular weight is 738 g/mol. The minimum absolute atomic E-state index is 0. The molecular formula is C29H48NNaO19. The Labute approximate surface area is 309 Å². The Kier molecular flexibility index (Phi) is 16.2. The zero-order chi connectivity index (χ0) is 36.4. The van der Waals surface area contributed by atoms with Gasteiger partial charge in [0.1, 0.15) is 67.0 Å². The summed E-state index contributed by atoms with van der Waals surface area (Å²) in [6.45, 7) is 0.621. The Bertz CT molecular complexity index is 1110. The van der Waals surface area contributed by atoms with Gasteiger partial charge in [-0.3, -0.25) is 4.79 Å². The fraction of sp³-hybridized carbons (Fsp3) is 0.931. The maximum absolute atomic E-state index is 12.6. The van der Waals surface area contributed by atoms with Gasteiger partial charge in [0.25, 0.3) is 0 Å². The number of aliphatic hydroxyl groups excluding tert-OH is 10. The van der Waals surface area contributed by atoms with E-state index in [0.29, 0.717) is 25.7 Å². The van der Waals surface area contributed by atoms with Crippen molar-refractivity contribution in [3.63, 3.8) is 0 Å². The molecule has 1 saturated carbocycles. The van der Waals surface area contributed by atoms with Gasteiger partial charge in [0.2, 0.25) is 11.7 Å². The van der Waals surface area contributed by atoms with Crippen LogP contribution in [0.5, 0.6) is 0 Å². The molecule has 3 heterocycles. The summed E-state index contributed by atoms with van der Waals surface area (Å²) < 4.78 is 34.3. The van der Waals surface area contributed by atoms with Crippen LogP contribution in [0.1, 0.15) is 46.0 Å². The summed E-state index contributed by atoms with van der Waals surface area (Å²) in [6, 6.07) is -1.53. The minimum atomic E-state index is -3.06. The number of hydrogen-bond acceptors (Lipinski definition) is 19. The number of hydrogen-bond donors (Lipinski definition) is 11. The molecule has 1 aliphatic carbocycles. The van der Waals surface area contributed by atoms with Crippen molar-refractivity contribution in [3.05, 3.63) is 0 Å². The number of amides is 1. The first kappa shape index (κ1) is 43.7. The normalized spacial score (nSPS) is 45.2. The third-order valence-electron chi connectivity index (χ3n) is 9.39. The van der Waals surface area contributed by atoms with E-state index in [0.717, 1.165) is 6.92 Å². The maximum Gasteiger partial charge on any atom is 1.00 e. The van der Waals surface area contributed by atoms with Crippen LogP contribution < -0.4 is 40.0 Å². The van der Waals surface area contributed by atoms with Crippen LogP contribution in [0.2, 0.25) is 0 Å². The van der Waals surface area contributed by atoms with Crippen LogP contribution >= 0.6 is 0 Å². The predicted molar refractivity (Wildman–Crippen MR) is 153 cm³/mol. The van der Waals surface area contributed by atoms with Gasteiger partial charge in [-0.15, -0.1) is 0 Å². The molecule has 50 heavy (non-hydrogen) atoms. The van der Waals surface area contributed by atoms with Gasteiger partial charge in [-0.05, 0) is 19.8 Å². The first-order chi connectivity index (χ1) is 23.0. The van der Waals surface area contributed by atoms with Crippen molar-refractivity contribution in [1.82, 2.24) is 5.32 Å². The second-order valence-electron chi connectivity index (χ2n) is 13.0. The zero-order valence-corrected chi connectivity index (χ0v) is 29.9. The summed E-state index contributed by atoms with van der Waals surface area (Å²) in [5, 5.41) is 119. The Morgan fingerprint density at radius 3 is 2.00 bits per heavy atom. The second-order valence-corrected chi connectivity index (χ2v) is 13.0. The molecule has 21 heteroatoms. The van der Waals surface area contributed by atoms with Crippen molar-refractivity contribution in [3.8, 4) is 0 Å². The fourth-order valence-electron chi connectivity index (χ4n) is 6.61. The molecule has 18 atom stereocenters. The number of carbonyl (C=O) groups excluding carboxylic acids is 2. The molecule has 20 nitrogen and oxygen atoms in total. The summed E-state index contributed by atoms with van der Waals surface area (Å²) in [7, 11) is 0. The molecule has 0 spiro atoms. The molecule has 4 rings (SSSR count). The number of aliphatic hydroxyl groups is 10. The molecule has 11 N–H and O–H groups in total. The molecule has 4 fully saturated rings. The van der Waals surface area contributed by atoms with Crippen molar-refractivity contribution in [2.45, 2.75) is 156 Å². The van der Waals surface area contributed by atoms with Gasteiger partial charge in [0.05, 0.1) is 43.7 Å². The number of carbonyl (C=O) groups is 2. The summed E-state index contributed by atoms with van der Waals surface area (Å²) in [6.07, 6.45) is -24.7. The molecule has 1 amide bonds. The van der Waals surface area contributed by atoms with E-state index in [9.17, 15) is 65.8 Å². The second kappa shape index (κ2) is 18.6. The molecule has 0 bridgehead atoms. The van der Waals surface area contributed by atoms with Crippen LogP contribution in [0.25, 0.3) is 0 Å². The topological polar surface area (TPSA) is 327 Å². The van der Waals surface area contributed by atoms with Crippen molar-refractivity contribution in [1.29, 1.82) is 0 Å². The Hall–Kier alpha value is -0.700. The molecule has 4 aliphatic rings. The van der Waals surface area contributed by atoms with E-state index in [2.05, 4.69) is 5.32 Å².